The molecule has 8 heteroatoms. The first kappa shape index (κ1) is 13.5. The van der Waals surface area contributed by atoms with Gasteiger partial charge in [-0.1, -0.05) is 0 Å². The van der Waals surface area contributed by atoms with Gasteiger partial charge in [-0.05, 0) is 20.8 Å². The topological polar surface area (TPSA) is 112 Å². The van der Waals surface area contributed by atoms with E-state index in [1.807, 2.05) is 0 Å². The molecule has 3 N–H and O–H groups in total. The molecule has 96 valence electrons. The summed E-state index contributed by atoms with van der Waals surface area (Å²) in [6.07, 6.45) is 0.315. The molecule has 1 rings (SSSR count). The molecule has 17 heavy (non-hydrogen) atoms. The standard InChI is InChI=1S/C9H14N2O5S/c1-9(2,3)16-8(12)11-6-4-5-15-7(6)17(10,13)14/h4-5H,1-3H3,(H,11,12)(H2,10,13,14). The van der Waals surface area contributed by atoms with E-state index in [9.17, 15) is 13.2 Å². The quantitative estimate of drug-likeness (QED) is 0.833. The lowest BCUT2D eigenvalue weighted by Crippen LogP contribution is -2.27. The minimum atomic E-state index is -4.02. The second kappa shape index (κ2) is 4.38. The molecule has 0 aliphatic carbocycles. The Morgan fingerprint density at radius 3 is 2.53 bits per heavy atom. The predicted octanol–water partition coefficient (Wildman–Crippen LogP) is 1.27. The van der Waals surface area contributed by atoms with E-state index in [1.165, 1.54) is 6.07 Å². The number of primary sulfonamides is 1. The fourth-order valence-corrected chi connectivity index (χ4v) is 1.64. The second-order valence-electron chi connectivity index (χ2n) is 4.29. The second-order valence-corrected chi connectivity index (χ2v) is 5.75. The lowest BCUT2D eigenvalue weighted by atomic mass is 10.2. The van der Waals surface area contributed by atoms with Gasteiger partial charge in [0.2, 0.25) is 0 Å². The summed E-state index contributed by atoms with van der Waals surface area (Å²) < 4.78 is 31.8. The number of hydrogen-bond acceptors (Lipinski definition) is 5. The van der Waals surface area contributed by atoms with Crippen molar-refractivity contribution in [2.45, 2.75) is 31.5 Å². The number of hydrogen-bond donors (Lipinski definition) is 2. The average molecular weight is 262 g/mol. The van der Waals surface area contributed by atoms with Gasteiger partial charge in [0.25, 0.3) is 15.1 Å². The average Bonchev–Trinajstić information content (AvgIpc) is 2.46. The van der Waals surface area contributed by atoms with Crippen LogP contribution in [0.4, 0.5) is 10.5 Å². The smallest absolute Gasteiger partial charge is 0.412 e. The van der Waals surface area contributed by atoms with Gasteiger partial charge in [0, 0.05) is 6.07 Å². The minimum absolute atomic E-state index is 0.0539. The SMILES string of the molecule is CC(C)(C)OC(=O)Nc1ccoc1S(N)(=O)=O. The summed E-state index contributed by atoms with van der Waals surface area (Å²) in [6.45, 7) is 5.05. The van der Waals surface area contributed by atoms with E-state index >= 15 is 0 Å². The fourth-order valence-electron chi connectivity index (χ4n) is 1.02. The highest BCUT2D eigenvalue weighted by Crippen LogP contribution is 2.21. The van der Waals surface area contributed by atoms with Crippen molar-refractivity contribution in [3.05, 3.63) is 12.3 Å². The summed E-state index contributed by atoms with van der Waals surface area (Å²) in [7, 11) is -4.02. The van der Waals surface area contributed by atoms with Gasteiger partial charge in [-0.3, -0.25) is 5.32 Å². The van der Waals surface area contributed by atoms with Gasteiger partial charge in [0.15, 0.2) is 0 Å². The molecule has 1 aromatic heterocycles. The Hall–Kier alpha value is -1.54. The maximum Gasteiger partial charge on any atom is 0.412 e. The predicted molar refractivity (Wildman–Crippen MR) is 59.9 cm³/mol. The highest BCUT2D eigenvalue weighted by atomic mass is 32.2. The Morgan fingerprint density at radius 1 is 1.47 bits per heavy atom. The van der Waals surface area contributed by atoms with Gasteiger partial charge < -0.3 is 9.15 Å². The number of ether oxygens (including phenoxy) is 1. The Morgan fingerprint density at radius 2 is 2.06 bits per heavy atom. The largest absolute Gasteiger partial charge is 0.450 e. The highest BCUT2D eigenvalue weighted by molar-refractivity contribution is 7.89. The molecule has 7 nitrogen and oxygen atoms in total. The first-order valence-electron chi connectivity index (χ1n) is 4.70. The molecule has 0 fully saturated rings. The molecule has 1 aromatic rings. The zero-order valence-corrected chi connectivity index (χ0v) is 10.5. The molecular formula is C9H14N2O5S. The van der Waals surface area contributed by atoms with Crippen molar-refractivity contribution >= 4 is 21.8 Å². The molecule has 0 aromatic carbocycles. The van der Waals surface area contributed by atoms with Crippen LogP contribution in [0, 0.1) is 0 Å². The third-order valence-electron chi connectivity index (χ3n) is 1.52. The van der Waals surface area contributed by atoms with Crippen LogP contribution < -0.4 is 10.5 Å². The van der Waals surface area contributed by atoms with Crippen LogP contribution in [0.2, 0.25) is 0 Å². The molecule has 0 atom stereocenters. The van der Waals surface area contributed by atoms with Gasteiger partial charge in [0.1, 0.15) is 11.3 Å². The number of carbonyl (C=O) groups is 1. The first-order chi connectivity index (χ1) is 7.59. The van der Waals surface area contributed by atoms with E-state index in [0.29, 0.717) is 0 Å². The van der Waals surface area contributed by atoms with Crippen molar-refractivity contribution in [1.82, 2.24) is 0 Å². The molecule has 0 unspecified atom stereocenters. The van der Waals surface area contributed by atoms with Gasteiger partial charge in [0.05, 0.1) is 6.26 Å². The number of furan rings is 1. The van der Waals surface area contributed by atoms with Gasteiger partial charge >= 0.3 is 6.09 Å². The van der Waals surface area contributed by atoms with Crippen LogP contribution in [-0.2, 0) is 14.8 Å². The molecule has 0 radical (unpaired) electrons. The molecular weight excluding hydrogens is 248 g/mol. The summed E-state index contributed by atoms with van der Waals surface area (Å²) in [5.74, 6) is 0. The lowest BCUT2D eigenvalue weighted by Gasteiger charge is -2.19. The van der Waals surface area contributed by atoms with Crippen LogP contribution in [-0.4, -0.2) is 20.1 Å². The maximum atomic E-state index is 11.4. The fraction of sp³-hybridized carbons (Fsp3) is 0.444. The van der Waals surface area contributed by atoms with E-state index in [4.69, 9.17) is 9.88 Å². The lowest BCUT2D eigenvalue weighted by molar-refractivity contribution is 0.0635. The molecule has 0 saturated carbocycles. The molecule has 1 amide bonds. The Kier molecular flexibility index (Phi) is 3.48. The van der Waals surface area contributed by atoms with Gasteiger partial charge in [-0.25, -0.2) is 18.4 Å². The number of amides is 1. The summed E-state index contributed by atoms with van der Waals surface area (Å²) in [4.78, 5) is 11.4. The maximum absolute atomic E-state index is 11.4. The molecule has 0 aliphatic rings. The van der Waals surface area contributed by atoms with Crippen LogP contribution in [0.15, 0.2) is 21.8 Å². The van der Waals surface area contributed by atoms with E-state index in [-0.39, 0.29) is 5.69 Å². The summed E-state index contributed by atoms with van der Waals surface area (Å²) >= 11 is 0. The number of carbonyl (C=O) groups excluding carboxylic acids is 1. The number of nitrogens with one attached hydrogen (secondary N) is 1. The van der Waals surface area contributed by atoms with E-state index in [1.54, 1.807) is 20.8 Å². The van der Waals surface area contributed by atoms with Crippen LogP contribution in [0.5, 0.6) is 0 Å². The van der Waals surface area contributed by atoms with Crippen molar-refractivity contribution in [3.8, 4) is 0 Å². The third kappa shape index (κ3) is 4.08. The number of rotatable bonds is 2. The first-order valence-corrected chi connectivity index (χ1v) is 6.24. The van der Waals surface area contributed by atoms with E-state index in [0.717, 1.165) is 6.26 Å². The monoisotopic (exact) mass is 262 g/mol. The van der Waals surface area contributed by atoms with E-state index < -0.39 is 26.8 Å². The van der Waals surface area contributed by atoms with Crippen LogP contribution in [0.1, 0.15) is 20.8 Å². The van der Waals surface area contributed by atoms with Crippen LogP contribution in [0.3, 0.4) is 0 Å². The van der Waals surface area contributed by atoms with Crippen molar-refractivity contribution in [3.63, 3.8) is 0 Å². The van der Waals surface area contributed by atoms with Crippen molar-refractivity contribution in [2.75, 3.05) is 5.32 Å². The number of nitrogens with two attached hydrogens (primary N) is 1. The Balaban J connectivity index is 2.84. The van der Waals surface area contributed by atoms with Gasteiger partial charge in [-0.2, -0.15) is 0 Å². The van der Waals surface area contributed by atoms with Crippen molar-refractivity contribution in [1.29, 1.82) is 0 Å². The van der Waals surface area contributed by atoms with Crippen molar-refractivity contribution in [2.24, 2.45) is 5.14 Å². The number of sulfonamides is 1. The molecule has 0 spiro atoms. The normalized spacial score (nSPS) is 12.2. The Bertz CT molecular complexity index is 512. The minimum Gasteiger partial charge on any atom is -0.450 e. The van der Waals surface area contributed by atoms with E-state index in [2.05, 4.69) is 9.73 Å². The van der Waals surface area contributed by atoms with Gasteiger partial charge in [-0.15, -0.1) is 0 Å². The zero-order chi connectivity index (χ0) is 13.3. The molecule has 0 aliphatic heterocycles. The molecule has 0 bridgehead atoms. The van der Waals surface area contributed by atoms with Crippen LogP contribution >= 0.6 is 0 Å². The Labute approximate surface area is 99.0 Å². The molecule has 0 saturated heterocycles. The molecule has 1 heterocycles. The summed E-state index contributed by atoms with van der Waals surface area (Å²) in [5, 5.41) is 6.62. The zero-order valence-electron chi connectivity index (χ0n) is 9.68. The van der Waals surface area contributed by atoms with Crippen molar-refractivity contribution < 1.29 is 22.4 Å². The highest BCUT2D eigenvalue weighted by Gasteiger charge is 2.22. The number of anilines is 1. The summed E-state index contributed by atoms with van der Waals surface area (Å²) in [6, 6.07) is 1.27. The summed E-state index contributed by atoms with van der Waals surface area (Å²) in [5.41, 5.74) is -0.739. The van der Waals surface area contributed by atoms with Crippen LogP contribution in [0.25, 0.3) is 0 Å². The third-order valence-corrected chi connectivity index (χ3v) is 2.36.